The molecule has 0 aliphatic carbocycles. The van der Waals surface area contributed by atoms with Crippen LogP contribution in [0.15, 0.2) is 58.4 Å². The van der Waals surface area contributed by atoms with Crippen LogP contribution < -0.4 is 0 Å². The first kappa shape index (κ1) is 21.3. The van der Waals surface area contributed by atoms with Gasteiger partial charge in [-0.05, 0) is 24.1 Å². The van der Waals surface area contributed by atoms with E-state index in [2.05, 4.69) is 50.6 Å². The van der Waals surface area contributed by atoms with E-state index in [0.29, 0.717) is 12.5 Å². The number of nitrogens with one attached hydrogen (secondary N) is 1. The van der Waals surface area contributed by atoms with Crippen LogP contribution >= 0.6 is 11.8 Å². The third kappa shape index (κ3) is 4.62. The number of thioether (sulfide) groups is 1. The number of benzene rings is 1. The first-order chi connectivity index (χ1) is 15.7. The highest BCUT2D eigenvalue weighted by Gasteiger charge is 2.24. The van der Waals surface area contributed by atoms with Crippen LogP contribution in [-0.2, 0) is 11.3 Å². The quantitative estimate of drug-likeness (QED) is 0.397. The van der Waals surface area contributed by atoms with Crippen LogP contribution in [-0.4, -0.2) is 62.7 Å². The van der Waals surface area contributed by atoms with Crippen molar-refractivity contribution in [1.29, 1.82) is 0 Å². The van der Waals surface area contributed by atoms with Crippen molar-refractivity contribution < 1.29 is 9.15 Å². The van der Waals surface area contributed by atoms with Gasteiger partial charge in [0.2, 0.25) is 0 Å². The van der Waals surface area contributed by atoms with E-state index in [1.165, 1.54) is 0 Å². The fourth-order valence-corrected chi connectivity index (χ4v) is 5.23. The normalized spacial score (nSPS) is 17.5. The summed E-state index contributed by atoms with van der Waals surface area (Å²) in [5.41, 5.74) is 2.13. The lowest BCUT2D eigenvalue weighted by atomic mass is 10.1. The minimum absolute atomic E-state index is 0.192. The van der Waals surface area contributed by atoms with Gasteiger partial charge in [0.15, 0.2) is 11.0 Å². The summed E-state index contributed by atoms with van der Waals surface area (Å²) in [5, 5.41) is 11.2. The highest BCUT2D eigenvalue weighted by molar-refractivity contribution is 7.99. The van der Waals surface area contributed by atoms with Crippen molar-refractivity contribution in [2.24, 2.45) is 5.92 Å². The molecular weight excluding hydrogens is 422 g/mol. The number of H-pyrrole nitrogens is 1. The first-order valence-corrected chi connectivity index (χ1v) is 12.1. The van der Waals surface area contributed by atoms with Crippen LogP contribution in [0.1, 0.15) is 19.6 Å². The largest absolute Gasteiger partial charge is 0.467 e. The molecule has 168 valence electrons. The molecule has 0 radical (unpaired) electrons. The zero-order valence-electron chi connectivity index (χ0n) is 18.5. The van der Waals surface area contributed by atoms with E-state index in [9.17, 15) is 0 Å². The monoisotopic (exact) mass is 451 g/mol. The molecule has 1 atom stereocenters. The Morgan fingerprint density at radius 3 is 2.94 bits per heavy atom. The second-order valence-corrected chi connectivity index (χ2v) is 9.66. The molecule has 1 N–H and O–H groups in total. The lowest BCUT2D eigenvalue weighted by molar-refractivity contribution is -0.0191. The van der Waals surface area contributed by atoms with Crippen molar-refractivity contribution in [3.05, 3.63) is 54.6 Å². The molecule has 1 unspecified atom stereocenters. The predicted octanol–water partition coefficient (Wildman–Crippen LogP) is 4.52. The van der Waals surface area contributed by atoms with E-state index in [0.717, 1.165) is 65.2 Å². The van der Waals surface area contributed by atoms with Gasteiger partial charge in [-0.3, -0.25) is 9.47 Å². The number of ether oxygens (including phenoxy) is 1. The molecule has 1 fully saturated rings. The van der Waals surface area contributed by atoms with Gasteiger partial charge < -0.3 is 14.1 Å². The Morgan fingerprint density at radius 2 is 2.09 bits per heavy atom. The second-order valence-electron chi connectivity index (χ2n) is 8.68. The van der Waals surface area contributed by atoms with Crippen molar-refractivity contribution in [2.45, 2.75) is 31.7 Å². The van der Waals surface area contributed by atoms with Crippen molar-refractivity contribution >= 4 is 22.7 Å². The summed E-state index contributed by atoms with van der Waals surface area (Å²) in [6.07, 6.45) is 3.91. The molecule has 5 rings (SSSR count). The maximum Gasteiger partial charge on any atom is 0.192 e. The summed E-state index contributed by atoms with van der Waals surface area (Å²) >= 11 is 1.71. The summed E-state index contributed by atoms with van der Waals surface area (Å²) in [5.74, 6) is 3.23. The van der Waals surface area contributed by atoms with Crippen LogP contribution in [0.3, 0.4) is 0 Å². The molecule has 0 bridgehead atoms. The summed E-state index contributed by atoms with van der Waals surface area (Å²) in [4.78, 5) is 5.85. The Kier molecular flexibility index (Phi) is 6.34. The summed E-state index contributed by atoms with van der Waals surface area (Å²) in [6.45, 7) is 9.00. The number of morpholine rings is 1. The number of nitrogens with zero attached hydrogens (tertiary/aromatic N) is 4. The molecule has 0 amide bonds. The Morgan fingerprint density at radius 1 is 1.19 bits per heavy atom. The Hall–Kier alpha value is -2.55. The van der Waals surface area contributed by atoms with Crippen LogP contribution in [0.5, 0.6) is 0 Å². The number of fused-ring (bicyclic) bond motifs is 1. The first-order valence-electron chi connectivity index (χ1n) is 11.2. The van der Waals surface area contributed by atoms with E-state index in [1.807, 2.05) is 30.5 Å². The number of furan rings is 1. The zero-order chi connectivity index (χ0) is 21.9. The number of rotatable bonds is 8. The molecule has 4 aromatic rings. The minimum Gasteiger partial charge on any atom is -0.467 e. The molecule has 7 nitrogen and oxygen atoms in total. The van der Waals surface area contributed by atoms with E-state index < -0.39 is 0 Å². The maximum atomic E-state index is 6.05. The third-order valence-electron chi connectivity index (χ3n) is 5.69. The Balaban J connectivity index is 1.39. The molecule has 8 heteroatoms. The highest BCUT2D eigenvalue weighted by atomic mass is 32.2. The van der Waals surface area contributed by atoms with Gasteiger partial charge in [-0.15, -0.1) is 10.2 Å². The van der Waals surface area contributed by atoms with Crippen LogP contribution in [0.2, 0.25) is 0 Å². The number of hydrogen-bond donors (Lipinski definition) is 1. The number of aromatic amines is 1. The number of aromatic nitrogens is 4. The molecular formula is C24H29N5O2S. The van der Waals surface area contributed by atoms with E-state index in [1.54, 1.807) is 18.0 Å². The van der Waals surface area contributed by atoms with Crippen molar-refractivity contribution in [3.8, 4) is 11.4 Å². The van der Waals surface area contributed by atoms with E-state index in [-0.39, 0.29) is 6.10 Å². The molecule has 1 aliphatic rings. The van der Waals surface area contributed by atoms with E-state index >= 15 is 0 Å². The highest BCUT2D eigenvalue weighted by Crippen LogP contribution is 2.31. The Labute approximate surface area is 192 Å². The SMILES string of the molecule is CC(C)CN1CCOC(CSc2nnc(-c3c[nH]c4ccccc34)n2Cc2ccco2)C1. The molecule has 1 saturated heterocycles. The van der Waals surface area contributed by atoms with Crippen molar-refractivity contribution in [3.63, 3.8) is 0 Å². The lowest BCUT2D eigenvalue weighted by Gasteiger charge is -2.33. The lowest BCUT2D eigenvalue weighted by Crippen LogP contribution is -2.44. The predicted molar refractivity (Wildman–Crippen MR) is 127 cm³/mol. The van der Waals surface area contributed by atoms with Crippen LogP contribution in [0.4, 0.5) is 0 Å². The molecule has 0 spiro atoms. The van der Waals surface area contributed by atoms with E-state index in [4.69, 9.17) is 9.15 Å². The van der Waals surface area contributed by atoms with Gasteiger partial charge in [-0.2, -0.15) is 0 Å². The summed E-state index contributed by atoms with van der Waals surface area (Å²) < 4.78 is 13.8. The van der Waals surface area contributed by atoms with Gasteiger partial charge in [-0.1, -0.05) is 43.8 Å². The zero-order valence-corrected chi connectivity index (χ0v) is 19.3. The average molecular weight is 452 g/mol. The summed E-state index contributed by atoms with van der Waals surface area (Å²) in [7, 11) is 0. The van der Waals surface area contributed by atoms with Crippen molar-refractivity contribution in [2.75, 3.05) is 32.0 Å². The van der Waals surface area contributed by atoms with Gasteiger partial charge in [-0.25, -0.2) is 0 Å². The van der Waals surface area contributed by atoms with Gasteiger partial charge >= 0.3 is 0 Å². The molecule has 1 aliphatic heterocycles. The standard InChI is InChI=1S/C24H29N5O2S/c1-17(2)13-28-9-11-31-19(14-28)16-32-24-27-26-23(29(24)15-18-6-5-10-30-18)21-12-25-22-8-4-3-7-20(21)22/h3-8,10,12,17,19,25H,9,11,13-16H2,1-2H3. The molecule has 1 aromatic carbocycles. The molecule has 3 aromatic heterocycles. The fourth-order valence-electron chi connectivity index (χ4n) is 4.28. The van der Waals surface area contributed by atoms with Crippen LogP contribution in [0.25, 0.3) is 22.3 Å². The van der Waals surface area contributed by atoms with Crippen LogP contribution in [0, 0.1) is 5.92 Å². The fraction of sp³-hybridized carbons (Fsp3) is 0.417. The topological polar surface area (TPSA) is 72.1 Å². The van der Waals surface area contributed by atoms with Crippen molar-refractivity contribution in [1.82, 2.24) is 24.6 Å². The smallest absolute Gasteiger partial charge is 0.192 e. The third-order valence-corrected chi connectivity index (χ3v) is 6.78. The maximum absolute atomic E-state index is 6.05. The minimum atomic E-state index is 0.192. The molecule has 32 heavy (non-hydrogen) atoms. The molecule has 4 heterocycles. The second kappa shape index (κ2) is 9.52. The molecule has 0 saturated carbocycles. The number of para-hydroxylation sites is 1. The Bertz CT molecular complexity index is 1150. The van der Waals surface area contributed by atoms with Gasteiger partial charge in [0.05, 0.1) is 25.5 Å². The summed E-state index contributed by atoms with van der Waals surface area (Å²) in [6, 6.07) is 12.2. The van der Waals surface area contributed by atoms with Gasteiger partial charge in [0.25, 0.3) is 0 Å². The number of hydrogen-bond acceptors (Lipinski definition) is 6. The van der Waals surface area contributed by atoms with Gasteiger partial charge in [0.1, 0.15) is 5.76 Å². The van der Waals surface area contributed by atoms with Gasteiger partial charge in [0, 0.05) is 48.1 Å². The average Bonchev–Trinajstić information content (AvgIpc) is 3.53.